The van der Waals surface area contributed by atoms with Crippen molar-refractivity contribution in [3.63, 3.8) is 0 Å². The number of nitrogens with one attached hydrogen (secondary N) is 1. The molecule has 4 heteroatoms. The molecule has 1 saturated heterocycles. The van der Waals surface area contributed by atoms with E-state index in [1.807, 2.05) is 6.92 Å². The number of carbonyl (C=O) groups excluding carboxylic acids is 1. The maximum absolute atomic E-state index is 11.1. The van der Waals surface area contributed by atoms with Crippen LogP contribution in [-0.2, 0) is 5.54 Å². The molecule has 1 aliphatic heterocycles. The molecule has 0 saturated carbocycles. The lowest BCUT2D eigenvalue weighted by atomic mass is 9.87. The first kappa shape index (κ1) is 11.9. The van der Waals surface area contributed by atoms with Crippen molar-refractivity contribution in [1.82, 2.24) is 5.32 Å². The molecule has 0 radical (unpaired) electrons. The van der Waals surface area contributed by atoms with Crippen LogP contribution < -0.4 is 10.1 Å². The van der Waals surface area contributed by atoms with Gasteiger partial charge in [0.2, 0.25) is 0 Å². The highest BCUT2D eigenvalue weighted by molar-refractivity contribution is 5.80. The normalized spacial score (nSPS) is 23.6. The van der Waals surface area contributed by atoms with Crippen LogP contribution in [0.2, 0.25) is 0 Å². The first-order chi connectivity index (χ1) is 8.10. The van der Waals surface area contributed by atoms with Crippen molar-refractivity contribution >= 4 is 6.29 Å². The van der Waals surface area contributed by atoms with E-state index in [-0.39, 0.29) is 11.3 Å². The Morgan fingerprint density at radius 3 is 2.82 bits per heavy atom. The zero-order chi connectivity index (χ0) is 12.5. The summed E-state index contributed by atoms with van der Waals surface area (Å²) in [7, 11) is 1.47. The zero-order valence-electron chi connectivity index (χ0n) is 10.1. The predicted octanol–water partition coefficient (Wildman–Crippen LogP) is 1.81. The molecule has 1 atom stereocenters. The molecule has 92 valence electrons. The van der Waals surface area contributed by atoms with Gasteiger partial charge in [-0.05, 0) is 44.0 Å². The van der Waals surface area contributed by atoms with Gasteiger partial charge in [-0.2, -0.15) is 0 Å². The number of carbonyl (C=O) groups is 1. The monoisotopic (exact) mass is 235 g/mol. The molecule has 1 heterocycles. The van der Waals surface area contributed by atoms with Crippen LogP contribution in [0, 0.1) is 0 Å². The molecule has 0 spiro atoms. The van der Waals surface area contributed by atoms with E-state index in [9.17, 15) is 9.90 Å². The first-order valence-electron chi connectivity index (χ1n) is 5.72. The number of aromatic hydroxyl groups is 1. The molecule has 2 N–H and O–H groups in total. The highest BCUT2D eigenvalue weighted by atomic mass is 16.5. The number of phenolic OH excluding ortho intramolecular Hbond substituents is 1. The second-order valence-electron chi connectivity index (χ2n) is 4.59. The fourth-order valence-corrected chi connectivity index (χ4v) is 2.45. The van der Waals surface area contributed by atoms with E-state index in [1.54, 1.807) is 12.1 Å². The molecule has 2 rings (SSSR count). The summed E-state index contributed by atoms with van der Waals surface area (Å²) in [5, 5.41) is 13.2. The van der Waals surface area contributed by atoms with Crippen LogP contribution in [0.5, 0.6) is 11.5 Å². The van der Waals surface area contributed by atoms with Crippen molar-refractivity contribution in [2.45, 2.75) is 25.3 Å². The smallest absolute Gasteiger partial charge is 0.161 e. The molecule has 1 aromatic rings. The van der Waals surface area contributed by atoms with Crippen LogP contribution in [0.3, 0.4) is 0 Å². The highest BCUT2D eigenvalue weighted by Gasteiger charge is 2.32. The van der Waals surface area contributed by atoms with Crippen LogP contribution in [0.15, 0.2) is 12.1 Å². The lowest BCUT2D eigenvalue weighted by Crippen LogP contribution is -2.34. The summed E-state index contributed by atoms with van der Waals surface area (Å²) in [5.74, 6) is 0.403. The van der Waals surface area contributed by atoms with Crippen LogP contribution >= 0.6 is 0 Å². The summed E-state index contributed by atoms with van der Waals surface area (Å²) in [6.07, 6.45) is 2.84. The predicted molar refractivity (Wildman–Crippen MR) is 64.6 cm³/mol. The second kappa shape index (κ2) is 4.37. The Labute approximate surface area is 101 Å². The highest BCUT2D eigenvalue weighted by Crippen LogP contribution is 2.37. The largest absolute Gasteiger partial charge is 0.504 e. The van der Waals surface area contributed by atoms with E-state index in [0.29, 0.717) is 11.3 Å². The Morgan fingerprint density at radius 2 is 2.29 bits per heavy atom. The molecule has 17 heavy (non-hydrogen) atoms. The van der Waals surface area contributed by atoms with Crippen molar-refractivity contribution in [3.05, 3.63) is 23.3 Å². The van der Waals surface area contributed by atoms with Gasteiger partial charge in [0.1, 0.15) is 0 Å². The minimum Gasteiger partial charge on any atom is -0.504 e. The number of aldehydes is 1. The summed E-state index contributed by atoms with van der Waals surface area (Å²) in [6.45, 7) is 2.98. The Kier molecular flexibility index (Phi) is 3.07. The minimum atomic E-state index is -0.236. The van der Waals surface area contributed by atoms with Gasteiger partial charge >= 0.3 is 0 Å². The van der Waals surface area contributed by atoms with E-state index >= 15 is 0 Å². The molecule has 0 aromatic heterocycles. The lowest BCUT2D eigenvalue weighted by Gasteiger charge is -2.27. The Balaban J connectivity index is 2.52. The van der Waals surface area contributed by atoms with Crippen molar-refractivity contribution in [2.75, 3.05) is 13.7 Å². The SMILES string of the molecule is COc1cc(C=O)c(C2(C)CCCN2)cc1O. The standard InChI is InChI=1S/C13H17NO3/c1-13(4-3-5-14-13)10-7-11(16)12(17-2)6-9(10)8-15/h6-8,14,16H,3-5H2,1-2H3. The number of phenols is 1. The molecule has 0 amide bonds. The van der Waals surface area contributed by atoms with E-state index in [1.165, 1.54) is 7.11 Å². The van der Waals surface area contributed by atoms with Crippen molar-refractivity contribution < 1.29 is 14.6 Å². The minimum absolute atomic E-state index is 0.0722. The van der Waals surface area contributed by atoms with Crippen LogP contribution in [-0.4, -0.2) is 25.0 Å². The topological polar surface area (TPSA) is 58.6 Å². The van der Waals surface area contributed by atoms with Crippen LogP contribution in [0.25, 0.3) is 0 Å². The number of ether oxygens (including phenoxy) is 1. The molecule has 0 bridgehead atoms. The van der Waals surface area contributed by atoms with E-state index in [4.69, 9.17) is 4.74 Å². The second-order valence-corrected chi connectivity index (χ2v) is 4.59. The van der Waals surface area contributed by atoms with Gasteiger partial charge in [0.25, 0.3) is 0 Å². The molecule has 1 aliphatic rings. The molecule has 1 unspecified atom stereocenters. The maximum atomic E-state index is 11.1. The van der Waals surface area contributed by atoms with Crippen molar-refractivity contribution in [3.8, 4) is 11.5 Å². The molecular formula is C13H17NO3. The Bertz CT molecular complexity index is 437. The van der Waals surface area contributed by atoms with E-state index in [2.05, 4.69) is 5.32 Å². The van der Waals surface area contributed by atoms with Gasteiger partial charge in [-0.3, -0.25) is 4.79 Å². The number of hydrogen-bond acceptors (Lipinski definition) is 4. The third-order valence-corrected chi connectivity index (χ3v) is 3.44. The Hall–Kier alpha value is -1.55. The fraction of sp³-hybridized carbons (Fsp3) is 0.462. The van der Waals surface area contributed by atoms with Gasteiger partial charge < -0.3 is 15.2 Å². The molecule has 1 aromatic carbocycles. The fourth-order valence-electron chi connectivity index (χ4n) is 2.45. The van der Waals surface area contributed by atoms with Gasteiger partial charge in [-0.15, -0.1) is 0 Å². The first-order valence-corrected chi connectivity index (χ1v) is 5.72. The third-order valence-electron chi connectivity index (χ3n) is 3.44. The summed E-state index contributed by atoms with van der Waals surface area (Å²) in [4.78, 5) is 11.1. The third kappa shape index (κ3) is 2.00. The molecular weight excluding hydrogens is 218 g/mol. The summed E-state index contributed by atoms with van der Waals surface area (Å²) < 4.78 is 5.01. The van der Waals surface area contributed by atoms with Crippen LogP contribution in [0.1, 0.15) is 35.7 Å². The van der Waals surface area contributed by atoms with E-state index < -0.39 is 0 Å². The maximum Gasteiger partial charge on any atom is 0.161 e. The van der Waals surface area contributed by atoms with Gasteiger partial charge in [0.15, 0.2) is 17.8 Å². The number of rotatable bonds is 3. The molecule has 0 aliphatic carbocycles. The quantitative estimate of drug-likeness (QED) is 0.784. The summed E-state index contributed by atoms with van der Waals surface area (Å²) >= 11 is 0. The van der Waals surface area contributed by atoms with E-state index in [0.717, 1.165) is 31.2 Å². The van der Waals surface area contributed by atoms with Gasteiger partial charge in [-0.1, -0.05) is 0 Å². The molecule has 4 nitrogen and oxygen atoms in total. The number of hydrogen-bond donors (Lipinski definition) is 2. The van der Waals surface area contributed by atoms with Crippen molar-refractivity contribution in [2.24, 2.45) is 0 Å². The number of methoxy groups -OCH3 is 1. The van der Waals surface area contributed by atoms with Crippen LogP contribution in [0.4, 0.5) is 0 Å². The summed E-state index contributed by atoms with van der Waals surface area (Å²) in [6, 6.07) is 3.21. The Morgan fingerprint density at radius 1 is 1.53 bits per heavy atom. The van der Waals surface area contributed by atoms with Gasteiger partial charge in [0, 0.05) is 11.1 Å². The van der Waals surface area contributed by atoms with Gasteiger partial charge in [-0.25, -0.2) is 0 Å². The zero-order valence-corrected chi connectivity index (χ0v) is 10.1. The molecule has 1 fully saturated rings. The average molecular weight is 235 g/mol. The van der Waals surface area contributed by atoms with Gasteiger partial charge in [0.05, 0.1) is 7.11 Å². The van der Waals surface area contributed by atoms with Crippen molar-refractivity contribution in [1.29, 1.82) is 0 Å². The lowest BCUT2D eigenvalue weighted by molar-refractivity contribution is 0.112. The summed E-state index contributed by atoms with van der Waals surface area (Å²) in [5.41, 5.74) is 1.17. The number of benzene rings is 1. The average Bonchev–Trinajstić information content (AvgIpc) is 2.77.